The Bertz CT molecular complexity index is 580. The summed E-state index contributed by atoms with van der Waals surface area (Å²) < 4.78 is 10.7. The van der Waals surface area contributed by atoms with Gasteiger partial charge in [0, 0.05) is 5.56 Å². The molecule has 0 saturated carbocycles. The molecule has 1 aromatic heterocycles. The number of hydrogen-bond acceptors (Lipinski definition) is 4. The van der Waals surface area contributed by atoms with Gasteiger partial charge in [0.2, 0.25) is 6.79 Å². The summed E-state index contributed by atoms with van der Waals surface area (Å²) >= 11 is 0. The Morgan fingerprint density at radius 3 is 3.05 bits per heavy atom. The van der Waals surface area contributed by atoms with E-state index in [1.54, 1.807) is 0 Å². The van der Waals surface area contributed by atoms with Crippen molar-refractivity contribution in [2.24, 2.45) is 5.73 Å². The van der Waals surface area contributed by atoms with Crippen molar-refractivity contribution in [2.75, 3.05) is 6.79 Å². The van der Waals surface area contributed by atoms with E-state index in [2.05, 4.69) is 16.9 Å². The van der Waals surface area contributed by atoms with Crippen LogP contribution in [-0.4, -0.2) is 16.8 Å². The number of aromatic nitrogens is 2. The average Bonchev–Trinajstić information content (AvgIpc) is 3.07. The highest BCUT2D eigenvalue weighted by atomic mass is 16.7. The molecule has 0 bridgehead atoms. The first-order chi connectivity index (χ1) is 9.28. The molecule has 0 radical (unpaired) electrons. The monoisotopic (exact) mass is 259 g/mol. The van der Waals surface area contributed by atoms with Gasteiger partial charge in [-0.3, -0.25) is 0 Å². The molecule has 19 heavy (non-hydrogen) atoms. The normalized spacial score (nSPS) is 14.6. The molecule has 1 aliphatic rings. The minimum atomic E-state index is -0.0345. The lowest BCUT2D eigenvalue weighted by Gasteiger charge is -2.06. The van der Waals surface area contributed by atoms with Crippen molar-refractivity contribution in [1.82, 2.24) is 9.97 Å². The molecule has 1 aromatic carbocycles. The summed E-state index contributed by atoms with van der Waals surface area (Å²) in [5.74, 6) is 2.38. The topological polar surface area (TPSA) is 73.2 Å². The summed E-state index contributed by atoms with van der Waals surface area (Å²) in [7, 11) is 0. The van der Waals surface area contributed by atoms with Crippen LogP contribution in [0.2, 0.25) is 0 Å². The number of H-pyrrole nitrogens is 1. The van der Waals surface area contributed by atoms with Gasteiger partial charge in [-0.15, -0.1) is 0 Å². The van der Waals surface area contributed by atoms with Crippen molar-refractivity contribution >= 4 is 0 Å². The number of rotatable bonds is 4. The van der Waals surface area contributed by atoms with Crippen molar-refractivity contribution in [2.45, 2.75) is 25.8 Å². The number of benzene rings is 1. The van der Waals surface area contributed by atoms with E-state index >= 15 is 0 Å². The lowest BCUT2D eigenvalue weighted by molar-refractivity contribution is 0.174. The van der Waals surface area contributed by atoms with Gasteiger partial charge in [0.15, 0.2) is 11.5 Å². The standard InChI is InChI=1S/C14H17N3O2/c1-2-3-10(15)14-16-7-11(17-14)9-4-5-12-13(6-9)19-8-18-12/h4-7,10H,2-3,8,15H2,1H3,(H,16,17)/t10-/m0/s1. The van der Waals surface area contributed by atoms with Gasteiger partial charge >= 0.3 is 0 Å². The Labute approximate surface area is 111 Å². The third kappa shape index (κ3) is 2.29. The predicted octanol–water partition coefficient (Wildman–Crippen LogP) is 2.61. The highest BCUT2D eigenvalue weighted by Gasteiger charge is 2.15. The summed E-state index contributed by atoms with van der Waals surface area (Å²) in [5.41, 5.74) is 8.01. The van der Waals surface area contributed by atoms with Crippen molar-refractivity contribution in [3.63, 3.8) is 0 Å². The fourth-order valence-corrected chi connectivity index (χ4v) is 2.18. The zero-order valence-corrected chi connectivity index (χ0v) is 10.8. The number of fused-ring (bicyclic) bond motifs is 1. The van der Waals surface area contributed by atoms with Gasteiger partial charge in [-0.1, -0.05) is 13.3 Å². The van der Waals surface area contributed by atoms with Crippen LogP contribution in [0.15, 0.2) is 24.4 Å². The summed E-state index contributed by atoms with van der Waals surface area (Å²) in [6.45, 7) is 2.40. The molecule has 2 heterocycles. The first-order valence-corrected chi connectivity index (χ1v) is 6.48. The predicted molar refractivity (Wildman–Crippen MR) is 72.0 cm³/mol. The smallest absolute Gasteiger partial charge is 0.231 e. The Kier molecular flexibility index (Phi) is 3.13. The Hall–Kier alpha value is -2.01. The second kappa shape index (κ2) is 4.93. The average molecular weight is 259 g/mol. The van der Waals surface area contributed by atoms with Crippen LogP contribution in [0.3, 0.4) is 0 Å². The van der Waals surface area contributed by atoms with E-state index < -0.39 is 0 Å². The molecular formula is C14H17N3O2. The van der Waals surface area contributed by atoms with E-state index in [0.29, 0.717) is 0 Å². The van der Waals surface area contributed by atoms with Gasteiger partial charge in [0.25, 0.3) is 0 Å². The molecule has 5 nitrogen and oxygen atoms in total. The van der Waals surface area contributed by atoms with E-state index in [0.717, 1.165) is 41.4 Å². The van der Waals surface area contributed by atoms with Crippen LogP contribution in [-0.2, 0) is 0 Å². The van der Waals surface area contributed by atoms with Crippen molar-refractivity contribution in [3.05, 3.63) is 30.2 Å². The molecule has 100 valence electrons. The third-order valence-electron chi connectivity index (χ3n) is 3.23. The van der Waals surface area contributed by atoms with Crippen LogP contribution in [0.5, 0.6) is 11.5 Å². The van der Waals surface area contributed by atoms with E-state index in [9.17, 15) is 0 Å². The molecule has 0 aliphatic carbocycles. The molecule has 0 fully saturated rings. The number of hydrogen-bond donors (Lipinski definition) is 2. The van der Waals surface area contributed by atoms with Crippen LogP contribution in [0.4, 0.5) is 0 Å². The summed E-state index contributed by atoms with van der Waals surface area (Å²) in [6, 6.07) is 5.80. The maximum Gasteiger partial charge on any atom is 0.231 e. The summed E-state index contributed by atoms with van der Waals surface area (Å²) in [6.07, 6.45) is 3.78. The number of nitrogens with one attached hydrogen (secondary N) is 1. The fraction of sp³-hybridized carbons (Fsp3) is 0.357. The highest BCUT2D eigenvalue weighted by molar-refractivity contribution is 5.64. The second-order valence-corrected chi connectivity index (χ2v) is 4.65. The molecule has 0 spiro atoms. The first-order valence-electron chi connectivity index (χ1n) is 6.48. The Balaban J connectivity index is 1.86. The molecular weight excluding hydrogens is 242 g/mol. The van der Waals surface area contributed by atoms with Gasteiger partial charge in [0.1, 0.15) is 5.82 Å². The fourth-order valence-electron chi connectivity index (χ4n) is 2.18. The molecule has 0 amide bonds. The largest absolute Gasteiger partial charge is 0.454 e. The molecule has 0 saturated heterocycles. The van der Waals surface area contributed by atoms with Gasteiger partial charge in [-0.05, 0) is 24.6 Å². The molecule has 2 aromatic rings. The van der Waals surface area contributed by atoms with Crippen molar-refractivity contribution < 1.29 is 9.47 Å². The Morgan fingerprint density at radius 1 is 1.37 bits per heavy atom. The first kappa shape index (κ1) is 12.0. The number of imidazole rings is 1. The number of nitrogens with two attached hydrogens (primary N) is 1. The van der Waals surface area contributed by atoms with Crippen LogP contribution in [0.25, 0.3) is 11.3 Å². The van der Waals surface area contributed by atoms with Crippen LogP contribution in [0.1, 0.15) is 31.6 Å². The van der Waals surface area contributed by atoms with Crippen LogP contribution in [0, 0.1) is 0 Å². The lowest BCUT2D eigenvalue weighted by Crippen LogP contribution is -2.11. The van der Waals surface area contributed by atoms with E-state index in [1.807, 2.05) is 24.4 Å². The van der Waals surface area contributed by atoms with Crippen molar-refractivity contribution in [1.29, 1.82) is 0 Å². The van der Waals surface area contributed by atoms with Gasteiger partial charge < -0.3 is 20.2 Å². The third-order valence-corrected chi connectivity index (χ3v) is 3.23. The van der Waals surface area contributed by atoms with Crippen molar-refractivity contribution in [3.8, 4) is 22.8 Å². The van der Waals surface area contributed by atoms with Gasteiger partial charge in [-0.25, -0.2) is 4.98 Å². The van der Waals surface area contributed by atoms with Gasteiger partial charge in [-0.2, -0.15) is 0 Å². The summed E-state index contributed by atoms with van der Waals surface area (Å²) in [4.78, 5) is 7.62. The van der Waals surface area contributed by atoms with E-state index in [1.165, 1.54) is 0 Å². The quantitative estimate of drug-likeness (QED) is 0.885. The number of nitrogens with zero attached hydrogens (tertiary/aromatic N) is 1. The molecule has 3 N–H and O–H groups in total. The van der Waals surface area contributed by atoms with Crippen LogP contribution >= 0.6 is 0 Å². The maximum absolute atomic E-state index is 6.05. The van der Waals surface area contributed by atoms with Gasteiger partial charge in [0.05, 0.1) is 17.9 Å². The lowest BCUT2D eigenvalue weighted by atomic mass is 10.1. The Morgan fingerprint density at radius 2 is 2.21 bits per heavy atom. The summed E-state index contributed by atoms with van der Waals surface area (Å²) in [5, 5.41) is 0. The van der Waals surface area contributed by atoms with E-state index in [4.69, 9.17) is 15.2 Å². The minimum Gasteiger partial charge on any atom is -0.454 e. The molecule has 1 atom stereocenters. The minimum absolute atomic E-state index is 0.0345. The molecule has 3 rings (SSSR count). The molecule has 5 heteroatoms. The van der Waals surface area contributed by atoms with E-state index in [-0.39, 0.29) is 12.8 Å². The zero-order valence-electron chi connectivity index (χ0n) is 10.8. The van der Waals surface area contributed by atoms with Crippen LogP contribution < -0.4 is 15.2 Å². The number of aromatic amines is 1. The molecule has 0 unspecified atom stereocenters. The zero-order chi connectivity index (χ0) is 13.2. The maximum atomic E-state index is 6.05. The highest BCUT2D eigenvalue weighted by Crippen LogP contribution is 2.35. The molecule has 1 aliphatic heterocycles. The SMILES string of the molecule is CCC[C@H](N)c1ncc(-c2ccc3c(c2)OCO3)[nH]1. The second-order valence-electron chi connectivity index (χ2n) is 4.65. The number of ether oxygens (including phenoxy) is 2.